The van der Waals surface area contributed by atoms with Crippen LogP contribution in [0.1, 0.15) is 20.9 Å². The highest BCUT2D eigenvalue weighted by Gasteiger charge is 2.25. The van der Waals surface area contributed by atoms with E-state index in [0.717, 1.165) is 32.8 Å². The highest BCUT2D eigenvalue weighted by molar-refractivity contribution is 7.17. The first kappa shape index (κ1) is 16.3. The number of thiazole rings is 2. The second-order valence-corrected chi connectivity index (χ2v) is 6.98. The Balaban J connectivity index is 0.000000526. The van der Waals surface area contributed by atoms with Crippen molar-refractivity contribution in [2.45, 2.75) is 13.0 Å². The fourth-order valence-corrected chi connectivity index (χ4v) is 4.30. The average molecular weight is 362 g/mol. The number of rotatable bonds is 1. The summed E-state index contributed by atoms with van der Waals surface area (Å²) in [5.74, 6) is 0.0578. The second kappa shape index (κ2) is 6.93. The van der Waals surface area contributed by atoms with Gasteiger partial charge >= 0.3 is 0 Å². The van der Waals surface area contributed by atoms with Gasteiger partial charge in [-0.15, -0.1) is 22.7 Å². The van der Waals surface area contributed by atoms with Crippen LogP contribution in [0.25, 0.3) is 10.2 Å². The molecule has 0 radical (unpaired) electrons. The molecule has 0 spiro atoms. The Labute approximate surface area is 145 Å². The minimum absolute atomic E-state index is 0.0578. The summed E-state index contributed by atoms with van der Waals surface area (Å²) in [7, 11) is 0. The first-order chi connectivity index (χ1) is 11.6. The molecule has 1 aromatic carbocycles. The van der Waals surface area contributed by atoms with Crippen molar-refractivity contribution in [2.24, 2.45) is 0 Å². The fraction of sp³-hybridized carbons (Fsp3) is 0.200. The fourth-order valence-electron chi connectivity index (χ4n) is 2.61. The van der Waals surface area contributed by atoms with Crippen molar-refractivity contribution in [1.29, 1.82) is 0 Å². The Morgan fingerprint density at radius 2 is 2.21 bits per heavy atom. The minimum Gasteiger partial charge on any atom is -0.483 e. The quantitative estimate of drug-likeness (QED) is 0.643. The van der Waals surface area contributed by atoms with E-state index in [0.29, 0.717) is 18.2 Å². The number of amides is 1. The molecule has 3 N–H and O–H groups in total. The molecule has 4 rings (SSSR count). The van der Waals surface area contributed by atoms with Crippen LogP contribution in [0.4, 0.5) is 5.13 Å². The second-order valence-electron chi connectivity index (χ2n) is 5.01. The van der Waals surface area contributed by atoms with Gasteiger partial charge in [-0.1, -0.05) is 6.07 Å². The number of hydrogen-bond acceptors (Lipinski definition) is 7. The topological polar surface area (TPSA) is 109 Å². The van der Waals surface area contributed by atoms with Gasteiger partial charge in [-0.05, 0) is 12.1 Å². The van der Waals surface area contributed by atoms with Gasteiger partial charge in [-0.2, -0.15) is 0 Å². The first-order valence-electron chi connectivity index (χ1n) is 7.07. The average Bonchev–Trinajstić information content (AvgIpc) is 3.18. The van der Waals surface area contributed by atoms with E-state index in [-0.39, 0.29) is 12.4 Å². The van der Waals surface area contributed by atoms with Crippen molar-refractivity contribution in [2.75, 3.05) is 12.3 Å². The number of hydrogen-bond donors (Lipinski definition) is 2. The molecule has 0 fully saturated rings. The largest absolute Gasteiger partial charge is 0.483 e. The van der Waals surface area contributed by atoms with Crippen LogP contribution in [0, 0.1) is 0 Å². The number of benzene rings is 1. The molecule has 0 unspecified atom stereocenters. The highest BCUT2D eigenvalue weighted by atomic mass is 32.1. The van der Waals surface area contributed by atoms with E-state index in [1.54, 1.807) is 5.51 Å². The van der Waals surface area contributed by atoms with E-state index in [1.165, 1.54) is 22.7 Å². The Morgan fingerprint density at radius 3 is 3.00 bits per heavy atom. The lowest BCUT2D eigenvalue weighted by Gasteiger charge is -2.26. The van der Waals surface area contributed by atoms with Crippen LogP contribution < -0.4 is 5.73 Å². The summed E-state index contributed by atoms with van der Waals surface area (Å²) in [5, 5.41) is 7.47. The van der Waals surface area contributed by atoms with Crippen LogP contribution in [0.3, 0.4) is 0 Å². The molecule has 1 aliphatic heterocycles. The van der Waals surface area contributed by atoms with Gasteiger partial charge in [0, 0.05) is 17.8 Å². The molecule has 9 heteroatoms. The molecule has 7 nitrogen and oxygen atoms in total. The van der Waals surface area contributed by atoms with Gasteiger partial charge in [0.15, 0.2) is 5.13 Å². The van der Waals surface area contributed by atoms with Crippen LogP contribution in [0.2, 0.25) is 0 Å². The summed E-state index contributed by atoms with van der Waals surface area (Å²) in [6, 6.07) is 5.69. The zero-order chi connectivity index (χ0) is 17.1. The number of nitrogens with two attached hydrogens (primary N) is 1. The van der Waals surface area contributed by atoms with Crippen molar-refractivity contribution in [3.63, 3.8) is 0 Å². The summed E-state index contributed by atoms with van der Waals surface area (Å²) >= 11 is 2.98. The maximum Gasteiger partial charge on any atom is 0.290 e. The van der Waals surface area contributed by atoms with Gasteiger partial charge in [0.05, 0.1) is 33.5 Å². The van der Waals surface area contributed by atoms with Crippen LogP contribution in [0.15, 0.2) is 23.7 Å². The van der Waals surface area contributed by atoms with Gasteiger partial charge in [0.2, 0.25) is 0 Å². The number of anilines is 1. The smallest absolute Gasteiger partial charge is 0.290 e. The molecule has 0 saturated carbocycles. The predicted molar refractivity (Wildman–Crippen MR) is 93.3 cm³/mol. The Kier molecular flexibility index (Phi) is 4.72. The van der Waals surface area contributed by atoms with Gasteiger partial charge < -0.3 is 15.7 Å². The number of nitrogens with zero attached hydrogens (tertiary/aromatic N) is 3. The van der Waals surface area contributed by atoms with Crippen molar-refractivity contribution >= 4 is 50.4 Å². The molecular weight excluding hydrogens is 348 g/mol. The molecule has 3 aromatic rings. The summed E-state index contributed by atoms with van der Waals surface area (Å²) in [5.41, 5.74) is 10.2. The normalized spacial score (nSPS) is 13.1. The Morgan fingerprint density at radius 1 is 1.42 bits per heavy atom. The molecule has 0 aliphatic carbocycles. The molecule has 1 amide bonds. The first-order valence-corrected chi connectivity index (χ1v) is 8.77. The maximum absolute atomic E-state index is 12.8. The lowest BCUT2D eigenvalue weighted by molar-refractivity contribution is -0.122. The molecule has 0 atom stereocenters. The molecular formula is C15H14N4O3S2. The van der Waals surface area contributed by atoms with E-state index in [4.69, 9.17) is 15.6 Å². The highest BCUT2D eigenvalue weighted by Crippen LogP contribution is 2.29. The molecule has 0 bridgehead atoms. The third-order valence-corrected chi connectivity index (χ3v) is 5.41. The predicted octanol–water partition coefficient (Wildman–Crippen LogP) is 2.23. The zero-order valence-electron chi connectivity index (χ0n) is 12.5. The minimum atomic E-state index is -0.250. The van der Waals surface area contributed by atoms with Crippen LogP contribution >= 0.6 is 22.7 Å². The number of nitrogen functional groups attached to an aromatic ring is 1. The number of carbonyl (C=O) groups is 2. The van der Waals surface area contributed by atoms with Gasteiger partial charge in [-0.25, -0.2) is 9.97 Å². The standard InChI is InChI=1S/C14H12N4OS2.CH2O2/c15-14-17-9-4-5-18(6-11(9)21-14)13(19)8-2-1-3-10-12(8)20-7-16-10;2-1-3/h1-3,7H,4-6H2,(H2,15,17);1H,(H,2,3). The van der Waals surface area contributed by atoms with Crippen molar-refractivity contribution < 1.29 is 14.7 Å². The summed E-state index contributed by atoms with van der Waals surface area (Å²) < 4.78 is 0.956. The molecule has 24 heavy (non-hydrogen) atoms. The van der Waals surface area contributed by atoms with E-state index in [2.05, 4.69) is 9.97 Å². The molecule has 2 aromatic heterocycles. The van der Waals surface area contributed by atoms with Gasteiger partial charge in [0.25, 0.3) is 12.4 Å². The number of carbonyl (C=O) groups excluding carboxylic acids is 1. The Hall–Kier alpha value is -2.52. The Bertz CT molecular complexity index is 890. The summed E-state index contributed by atoms with van der Waals surface area (Å²) in [4.78, 5) is 32.7. The SMILES string of the molecule is Nc1nc2c(s1)CN(C(=O)c1cccc3ncsc13)CC2.O=CO. The van der Waals surface area contributed by atoms with E-state index >= 15 is 0 Å². The van der Waals surface area contributed by atoms with Crippen molar-refractivity contribution in [1.82, 2.24) is 14.9 Å². The van der Waals surface area contributed by atoms with Gasteiger partial charge in [-0.3, -0.25) is 9.59 Å². The third-order valence-electron chi connectivity index (χ3n) is 3.62. The lowest BCUT2D eigenvalue weighted by Crippen LogP contribution is -2.35. The number of carboxylic acid groups (broad SMARTS) is 1. The van der Waals surface area contributed by atoms with Gasteiger partial charge in [0.1, 0.15) is 0 Å². The zero-order valence-corrected chi connectivity index (χ0v) is 14.1. The monoisotopic (exact) mass is 362 g/mol. The van der Waals surface area contributed by atoms with Crippen molar-refractivity contribution in [3.8, 4) is 0 Å². The summed E-state index contributed by atoms with van der Waals surface area (Å²) in [6.07, 6.45) is 0.771. The summed E-state index contributed by atoms with van der Waals surface area (Å²) in [6.45, 7) is 1.03. The number of fused-ring (bicyclic) bond motifs is 2. The van der Waals surface area contributed by atoms with Crippen LogP contribution in [-0.4, -0.2) is 38.9 Å². The van der Waals surface area contributed by atoms with E-state index < -0.39 is 0 Å². The molecule has 0 saturated heterocycles. The van der Waals surface area contributed by atoms with E-state index in [1.807, 2.05) is 23.1 Å². The van der Waals surface area contributed by atoms with E-state index in [9.17, 15) is 4.79 Å². The third kappa shape index (κ3) is 3.08. The van der Waals surface area contributed by atoms with Crippen LogP contribution in [-0.2, 0) is 17.8 Å². The molecule has 1 aliphatic rings. The number of aromatic nitrogens is 2. The maximum atomic E-state index is 12.8. The lowest BCUT2D eigenvalue weighted by atomic mass is 10.1. The van der Waals surface area contributed by atoms with Crippen LogP contribution in [0.5, 0.6) is 0 Å². The van der Waals surface area contributed by atoms with Crippen molar-refractivity contribution in [3.05, 3.63) is 39.8 Å². The molecule has 124 valence electrons. The molecule has 3 heterocycles.